The van der Waals surface area contributed by atoms with Gasteiger partial charge < -0.3 is 14.2 Å². The van der Waals surface area contributed by atoms with Crippen molar-refractivity contribution in [2.24, 2.45) is 0 Å². The first-order valence-corrected chi connectivity index (χ1v) is 12.9. The van der Waals surface area contributed by atoms with E-state index >= 15 is 0 Å². The minimum absolute atomic E-state index is 0.0150. The van der Waals surface area contributed by atoms with E-state index in [2.05, 4.69) is 10.3 Å². The molecule has 0 aliphatic carbocycles. The van der Waals surface area contributed by atoms with Gasteiger partial charge in [0.2, 0.25) is 0 Å². The van der Waals surface area contributed by atoms with Gasteiger partial charge in [0.15, 0.2) is 5.69 Å². The molecule has 1 fully saturated rings. The third-order valence-electron chi connectivity index (χ3n) is 6.73. The number of likely N-dealkylation sites (tertiary alicyclic amines) is 1. The average Bonchev–Trinajstić information content (AvgIpc) is 3.53. The van der Waals surface area contributed by atoms with Gasteiger partial charge in [-0.15, -0.1) is 0 Å². The molecule has 39 heavy (non-hydrogen) atoms. The molecule has 0 bridgehead atoms. The Hall–Kier alpha value is -4.05. The summed E-state index contributed by atoms with van der Waals surface area (Å²) in [7, 11) is 0. The van der Waals surface area contributed by atoms with Crippen molar-refractivity contribution in [1.29, 1.82) is 0 Å². The molecule has 4 aromatic rings. The summed E-state index contributed by atoms with van der Waals surface area (Å²) in [6.07, 6.45) is 1.06. The van der Waals surface area contributed by atoms with Crippen LogP contribution < -0.4 is 0 Å². The molecular formula is C28H25ClF2N4O4. The van der Waals surface area contributed by atoms with E-state index in [1.165, 1.54) is 30.3 Å². The average molecular weight is 555 g/mol. The van der Waals surface area contributed by atoms with E-state index in [1.54, 1.807) is 41.6 Å². The monoisotopic (exact) mass is 554 g/mol. The second-order valence-corrected chi connectivity index (χ2v) is 9.58. The van der Waals surface area contributed by atoms with E-state index < -0.39 is 11.8 Å². The normalized spacial score (nSPS) is 14.0. The number of ether oxygens (including phenoxy) is 1. The van der Waals surface area contributed by atoms with Crippen molar-refractivity contribution < 1.29 is 27.6 Å². The summed E-state index contributed by atoms with van der Waals surface area (Å²) < 4.78 is 40.3. The van der Waals surface area contributed by atoms with Crippen LogP contribution in [-0.4, -0.2) is 51.4 Å². The largest absolute Gasteiger partial charge is 0.461 e. The third kappa shape index (κ3) is 5.16. The topological polar surface area (TPSA) is 90.5 Å². The van der Waals surface area contributed by atoms with Crippen molar-refractivity contribution in [2.75, 3.05) is 19.7 Å². The molecule has 0 spiro atoms. The molecule has 202 valence electrons. The molecule has 2 aromatic heterocycles. The smallest absolute Gasteiger partial charge is 0.358 e. The van der Waals surface area contributed by atoms with Crippen molar-refractivity contribution >= 4 is 23.5 Å². The number of hydrogen-bond acceptors (Lipinski definition) is 6. The van der Waals surface area contributed by atoms with Crippen molar-refractivity contribution in [3.05, 3.63) is 82.2 Å². The molecule has 0 saturated carbocycles. The van der Waals surface area contributed by atoms with Crippen molar-refractivity contribution in [3.63, 3.8) is 0 Å². The highest BCUT2D eigenvalue weighted by molar-refractivity contribution is 6.33. The zero-order valence-corrected chi connectivity index (χ0v) is 22.0. The minimum atomic E-state index is -0.604. The maximum atomic E-state index is 14.6. The number of benzene rings is 2. The van der Waals surface area contributed by atoms with Crippen LogP contribution in [0.4, 0.5) is 8.78 Å². The van der Waals surface area contributed by atoms with Crippen molar-refractivity contribution in [1.82, 2.24) is 19.8 Å². The van der Waals surface area contributed by atoms with Crippen molar-refractivity contribution in [3.8, 4) is 22.5 Å². The van der Waals surface area contributed by atoms with Crippen LogP contribution in [0.25, 0.3) is 22.5 Å². The van der Waals surface area contributed by atoms with Crippen LogP contribution in [0.1, 0.15) is 52.4 Å². The molecule has 1 aliphatic rings. The molecule has 8 nitrogen and oxygen atoms in total. The van der Waals surface area contributed by atoms with E-state index in [1.807, 2.05) is 0 Å². The summed E-state index contributed by atoms with van der Waals surface area (Å²) in [5.74, 6) is -1.60. The van der Waals surface area contributed by atoms with Gasteiger partial charge in [0.25, 0.3) is 5.91 Å². The van der Waals surface area contributed by atoms with Crippen molar-refractivity contribution in [2.45, 2.75) is 32.7 Å². The molecule has 11 heteroatoms. The molecule has 1 amide bonds. The first-order valence-electron chi connectivity index (χ1n) is 12.5. The molecule has 0 unspecified atom stereocenters. The minimum Gasteiger partial charge on any atom is -0.461 e. The highest BCUT2D eigenvalue weighted by Gasteiger charge is 2.32. The Morgan fingerprint density at radius 1 is 1.13 bits per heavy atom. The fourth-order valence-corrected chi connectivity index (χ4v) is 5.06. The van der Waals surface area contributed by atoms with Crippen LogP contribution in [0, 0.1) is 18.6 Å². The molecule has 3 heterocycles. The number of nitrogens with zero attached hydrogens (tertiary/aromatic N) is 4. The van der Waals surface area contributed by atoms with Crippen LogP contribution in [-0.2, 0) is 4.74 Å². The lowest BCUT2D eigenvalue weighted by atomic mass is 10.0. The van der Waals surface area contributed by atoms with Gasteiger partial charge in [0, 0.05) is 18.7 Å². The number of aryl methyl sites for hydroxylation is 1. The maximum Gasteiger partial charge on any atom is 0.358 e. The number of hydrogen-bond donors (Lipinski definition) is 0. The Bertz CT molecular complexity index is 1500. The van der Waals surface area contributed by atoms with Crippen LogP contribution in [0.3, 0.4) is 0 Å². The quantitative estimate of drug-likeness (QED) is 0.268. The standard InChI is InChI=1S/C28H25ClF2N4O4/c1-3-38-28(37)22-15-23(17-7-9-18(30)10-8-17)35(32-22)19-11-13-34(14-12-19)27(36)24-16(2)39-33-26(24)25-20(29)5-4-6-21(25)31/h4-10,15,19H,3,11-14H2,1-2H3. The second-order valence-electron chi connectivity index (χ2n) is 9.17. The molecule has 5 rings (SSSR count). The summed E-state index contributed by atoms with van der Waals surface area (Å²) in [5, 5.41) is 8.59. The fraction of sp³-hybridized carbons (Fsp3) is 0.286. The van der Waals surface area contributed by atoms with Gasteiger partial charge in [-0.3, -0.25) is 9.48 Å². The number of rotatable bonds is 6. The Morgan fingerprint density at radius 2 is 1.85 bits per heavy atom. The highest BCUT2D eigenvalue weighted by Crippen LogP contribution is 2.35. The van der Waals surface area contributed by atoms with Crippen LogP contribution >= 0.6 is 11.6 Å². The molecule has 0 N–H and O–H groups in total. The lowest BCUT2D eigenvalue weighted by Gasteiger charge is -2.33. The molecule has 0 radical (unpaired) electrons. The Kier molecular flexibility index (Phi) is 7.47. The van der Waals surface area contributed by atoms with Gasteiger partial charge >= 0.3 is 5.97 Å². The van der Waals surface area contributed by atoms with E-state index in [0.717, 1.165) is 0 Å². The number of amides is 1. The molecule has 0 atom stereocenters. The number of carbonyl (C=O) groups is 2. The first kappa shape index (κ1) is 26.6. The lowest BCUT2D eigenvalue weighted by molar-refractivity contribution is 0.0517. The summed E-state index contributed by atoms with van der Waals surface area (Å²) in [5.41, 5.74) is 1.74. The summed E-state index contributed by atoms with van der Waals surface area (Å²) >= 11 is 6.23. The molecular weight excluding hydrogens is 530 g/mol. The van der Waals surface area contributed by atoms with E-state index in [9.17, 15) is 18.4 Å². The van der Waals surface area contributed by atoms with Gasteiger partial charge in [0.05, 0.1) is 28.9 Å². The predicted molar refractivity (Wildman–Crippen MR) is 139 cm³/mol. The highest BCUT2D eigenvalue weighted by atomic mass is 35.5. The third-order valence-corrected chi connectivity index (χ3v) is 7.05. The molecule has 2 aromatic carbocycles. The van der Waals surface area contributed by atoms with Crippen LogP contribution in [0.15, 0.2) is 53.1 Å². The fourth-order valence-electron chi connectivity index (χ4n) is 4.80. The Labute approximate surface area is 228 Å². The summed E-state index contributed by atoms with van der Waals surface area (Å²) in [6, 6.07) is 11.7. The summed E-state index contributed by atoms with van der Waals surface area (Å²) in [4.78, 5) is 27.6. The summed E-state index contributed by atoms with van der Waals surface area (Å²) in [6.45, 7) is 4.26. The number of halogens is 3. The number of esters is 1. The van der Waals surface area contributed by atoms with Gasteiger partial charge in [-0.2, -0.15) is 5.10 Å². The predicted octanol–water partition coefficient (Wildman–Crippen LogP) is 6.10. The second kappa shape index (κ2) is 11.0. The zero-order chi connectivity index (χ0) is 27.7. The number of carbonyl (C=O) groups excluding carboxylic acids is 2. The maximum absolute atomic E-state index is 14.6. The van der Waals surface area contributed by atoms with Gasteiger partial charge in [-0.25, -0.2) is 13.6 Å². The van der Waals surface area contributed by atoms with E-state index in [0.29, 0.717) is 37.2 Å². The Morgan fingerprint density at radius 3 is 2.51 bits per heavy atom. The lowest BCUT2D eigenvalue weighted by Crippen LogP contribution is -2.39. The van der Waals surface area contributed by atoms with Crippen LogP contribution in [0.2, 0.25) is 5.02 Å². The SMILES string of the molecule is CCOC(=O)c1cc(-c2ccc(F)cc2)n(C2CCN(C(=O)c3c(-c4c(F)cccc4Cl)noc3C)CC2)n1. The van der Waals surface area contributed by atoms with Gasteiger partial charge in [-0.1, -0.05) is 22.8 Å². The Balaban J connectivity index is 1.40. The van der Waals surface area contributed by atoms with Gasteiger partial charge in [0.1, 0.15) is 28.7 Å². The number of piperidine rings is 1. The number of aromatic nitrogens is 3. The van der Waals surface area contributed by atoms with E-state index in [4.69, 9.17) is 20.9 Å². The van der Waals surface area contributed by atoms with E-state index in [-0.39, 0.29) is 57.7 Å². The molecule has 1 aliphatic heterocycles. The molecule has 1 saturated heterocycles. The zero-order valence-electron chi connectivity index (χ0n) is 21.3. The first-order chi connectivity index (χ1) is 18.8. The van der Waals surface area contributed by atoms with Crippen LogP contribution in [0.5, 0.6) is 0 Å². The van der Waals surface area contributed by atoms with Gasteiger partial charge in [-0.05, 0) is 69.2 Å².